The third-order valence-corrected chi connectivity index (χ3v) is 4.11. The summed E-state index contributed by atoms with van der Waals surface area (Å²) < 4.78 is 38.1. The van der Waals surface area contributed by atoms with E-state index in [9.17, 15) is 18.0 Å². The van der Waals surface area contributed by atoms with Crippen molar-refractivity contribution in [2.45, 2.75) is 6.18 Å². The molecule has 1 amide bonds. The highest BCUT2D eigenvalue weighted by Crippen LogP contribution is 2.34. The summed E-state index contributed by atoms with van der Waals surface area (Å²) in [6.07, 6.45) is -3.60. The molecule has 0 radical (unpaired) electrons. The van der Waals surface area contributed by atoms with Gasteiger partial charge in [-0.15, -0.1) is 0 Å². The second-order valence-corrected chi connectivity index (χ2v) is 6.16. The van der Waals surface area contributed by atoms with Crippen molar-refractivity contribution in [2.75, 3.05) is 18.4 Å². The van der Waals surface area contributed by atoms with Gasteiger partial charge in [-0.25, -0.2) is 4.98 Å². The fourth-order valence-electron chi connectivity index (χ4n) is 1.54. The number of nitrogens with zero attached hydrogens (tertiary/aromatic N) is 1. The highest BCUT2D eigenvalue weighted by atomic mass is 79.9. The molecule has 2 aromatic rings. The number of amides is 1. The summed E-state index contributed by atoms with van der Waals surface area (Å²) in [5.74, 6) is -0.246. The molecule has 2 rings (SSSR count). The van der Waals surface area contributed by atoms with Crippen molar-refractivity contribution < 1.29 is 18.0 Å². The zero-order valence-electron chi connectivity index (χ0n) is 11.1. The van der Waals surface area contributed by atoms with Crippen molar-refractivity contribution in [3.05, 3.63) is 45.4 Å². The predicted molar refractivity (Wildman–Crippen MR) is 82.1 cm³/mol. The zero-order chi connectivity index (χ0) is 16.2. The summed E-state index contributed by atoms with van der Waals surface area (Å²) in [7, 11) is 0. The fraction of sp³-hybridized carbons (Fsp3) is 0.231. The lowest BCUT2D eigenvalue weighted by Gasteiger charge is -2.06. The third-order valence-electron chi connectivity index (χ3n) is 2.58. The first-order valence-electron chi connectivity index (χ1n) is 6.17. The maximum atomic E-state index is 12.4. The summed E-state index contributed by atoms with van der Waals surface area (Å²) in [6.45, 7) is 0.558. The van der Waals surface area contributed by atoms with Gasteiger partial charge in [0.05, 0.1) is 6.20 Å². The summed E-state index contributed by atoms with van der Waals surface area (Å²) >= 11 is 3.80. The van der Waals surface area contributed by atoms with Gasteiger partial charge in [0.1, 0.15) is 4.88 Å². The lowest BCUT2D eigenvalue weighted by molar-refractivity contribution is -0.134. The molecule has 0 aliphatic heterocycles. The molecule has 1 heterocycles. The number of anilines is 1. The molecule has 0 saturated heterocycles. The maximum Gasteiger partial charge on any atom is 0.427 e. The molecule has 9 heteroatoms. The molecule has 118 valence electrons. The van der Waals surface area contributed by atoms with Gasteiger partial charge >= 0.3 is 6.18 Å². The van der Waals surface area contributed by atoms with Crippen molar-refractivity contribution >= 4 is 38.3 Å². The molecule has 0 aliphatic carbocycles. The molecule has 4 nitrogen and oxygen atoms in total. The van der Waals surface area contributed by atoms with Crippen LogP contribution in [0.15, 0.2) is 34.9 Å². The average molecular weight is 394 g/mol. The molecule has 0 atom stereocenters. The standard InChI is InChI=1S/C13H11BrF3N3OS/c14-9-3-1-8(2-4-9)11(21)18-5-6-19-12-20-7-10(22-12)13(15,16)17/h1-4,7H,5-6H2,(H,18,21)(H,19,20). The second kappa shape index (κ2) is 7.10. The van der Waals surface area contributed by atoms with E-state index in [1.807, 2.05) is 0 Å². The van der Waals surface area contributed by atoms with E-state index in [0.717, 1.165) is 10.7 Å². The lowest BCUT2D eigenvalue weighted by atomic mass is 10.2. The number of alkyl halides is 3. The van der Waals surface area contributed by atoms with Crippen LogP contribution >= 0.6 is 27.3 Å². The van der Waals surface area contributed by atoms with E-state index >= 15 is 0 Å². The second-order valence-electron chi connectivity index (χ2n) is 4.22. The Bertz CT molecular complexity index is 643. The molecule has 1 aromatic carbocycles. The number of aromatic nitrogens is 1. The predicted octanol–water partition coefficient (Wildman–Crippen LogP) is 3.77. The normalized spacial score (nSPS) is 11.3. The Hall–Kier alpha value is -1.61. The Labute approximate surface area is 136 Å². The topological polar surface area (TPSA) is 54.0 Å². The maximum absolute atomic E-state index is 12.4. The molecule has 0 aliphatic rings. The molecule has 0 saturated carbocycles. The number of nitrogens with one attached hydrogen (secondary N) is 2. The van der Waals surface area contributed by atoms with Gasteiger partial charge in [0.25, 0.3) is 5.91 Å². The number of benzene rings is 1. The van der Waals surface area contributed by atoms with Gasteiger partial charge in [-0.05, 0) is 24.3 Å². The van der Waals surface area contributed by atoms with Crippen LogP contribution in [0, 0.1) is 0 Å². The van der Waals surface area contributed by atoms with Crippen molar-refractivity contribution in [1.29, 1.82) is 0 Å². The highest BCUT2D eigenvalue weighted by Gasteiger charge is 2.33. The first kappa shape index (κ1) is 16.8. The third kappa shape index (κ3) is 4.70. The van der Waals surface area contributed by atoms with Crippen LogP contribution in [-0.2, 0) is 6.18 Å². The molecular weight excluding hydrogens is 383 g/mol. The number of carbonyl (C=O) groups is 1. The summed E-state index contributed by atoms with van der Waals surface area (Å²) in [6, 6.07) is 6.84. The van der Waals surface area contributed by atoms with E-state index in [-0.39, 0.29) is 24.1 Å². The van der Waals surface area contributed by atoms with Crippen molar-refractivity contribution in [3.63, 3.8) is 0 Å². The Morgan fingerprint density at radius 1 is 1.23 bits per heavy atom. The number of carbonyl (C=O) groups excluding carboxylic acids is 1. The van der Waals surface area contributed by atoms with Gasteiger partial charge in [0.15, 0.2) is 5.13 Å². The van der Waals surface area contributed by atoms with Crippen LogP contribution < -0.4 is 10.6 Å². The first-order chi connectivity index (χ1) is 10.4. The summed E-state index contributed by atoms with van der Waals surface area (Å²) in [5.41, 5.74) is 0.511. The average Bonchev–Trinajstić information content (AvgIpc) is 2.93. The lowest BCUT2D eigenvalue weighted by Crippen LogP contribution is -2.28. The van der Waals surface area contributed by atoms with Crippen LogP contribution in [-0.4, -0.2) is 24.0 Å². The molecule has 0 fully saturated rings. The van der Waals surface area contributed by atoms with Crippen LogP contribution in [0.25, 0.3) is 0 Å². The SMILES string of the molecule is O=C(NCCNc1ncc(C(F)(F)F)s1)c1ccc(Br)cc1. The van der Waals surface area contributed by atoms with Gasteiger partial charge < -0.3 is 10.6 Å². The number of hydrogen-bond acceptors (Lipinski definition) is 4. The van der Waals surface area contributed by atoms with E-state index in [4.69, 9.17) is 0 Å². The molecular formula is C13H11BrF3N3OS. The molecule has 0 bridgehead atoms. The zero-order valence-corrected chi connectivity index (χ0v) is 13.5. The van der Waals surface area contributed by atoms with E-state index in [0.29, 0.717) is 16.9 Å². The summed E-state index contributed by atoms with van der Waals surface area (Å²) in [4.78, 5) is 14.7. The first-order valence-corrected chi connectivity index (χ1v) is 7.78. The minimum Gasteiger partial charge on any atom is -0.360 e. The fourth-order valence-corrected chi connectivity index (χ4v) is 2.51. The number of thiazole rings is 1. The van der Waals surface area contributed by atoms with E-state index in [2.05, 4.69) is 31.5 Å². The number of halogens is 4. The highest BCUT2D eigenvalue weighted by molar-refractivity contribution is 9.10. The van der Waals surface area contributed by atoms with Gasteiger partial charge in [-0.1, -0.05) is 27.3 Å². The van der Waals surface area contributed by atoms with Gasteiger partial charge in [0.2, 0.25) is 0 Å². The molecule has 0 spiro atoms. The van der Waals surface area contributed by atoms with Crippen molar-refractivity contribution in [2.24, 2.45) is 0 Å². The molecule has 1 aromatic heterocycles. The Morgan fingerprint density at radius 3 is 2.50 bits per heavy atom. The minimum absolute atomic E-state index is 0.171. The number of rotatable bonds is 5. The van der Waals surface area contributed by atoms with Crippen LogP contribution in [0.2, 0.25) is 0 Å². The monoisotopic (exact) mass is 393 g/mol. The van der Waals surface area contributed by atoms with Crippen LogP contribution in [0.5, 0.6) is 0 Å². The van der Waals surface area contributed by atoms with E-state index < -0.39 is 11.1 Å². The largest absolute Gasteiger partial charge is 0.427 e. The smallest absolute Gasteiger partial charge is 0.360 e. The van der Waals surface area contributed by atoms with Crippen LogP contribution in [0.4, 0.5) is 18.3 Å². The van der Waals surface area contributed by atoms with E-state index in [1.54, 1.807) is 24.3 Å². The van der Waals surface area contributed by atoms with Gasteiger partial charge in [0, 0.05) is 23.1 Å². The Balaban J connectivity index is 1.76. The number of hydrogen-bond donors (Lipinski definition) is 2. The van der Waals surface area contributed by atoms with Gasteiger partial charge in [-0.3, -0.25) is 4.79 Å². The van der Waals surface area contributed by atoms with Crippen LogP contribution in [0.1, 0.15) is 15.2 Å². The van der Waals surface area contributed by atoms with Crippen molar-refractivity contribution in [1.82, 2.24) is 10.3 Å². The van der Waals surface area contributed by atoms with Gasteiger partial charge in [-0.2, -0.15) is 13.2 Å². The van der Waals surface area contributed by atoms with Crippen molar-refractivity contribution in [3.8, 4) is 0 Å². The Morgan fingerprint density at radius 2 is 1.91 bits per heavy atom. The summed E-state index contributed by atoms with van der Waals surface area (Å²) in [5, 5.41) is 5.57. The van der Waals surface area contributed by atoms with Crippen LogP contribution in [0.3, 0.4) is 0 Å². The Kier molecular flexibility index (Phi) is 5.41. The molecule has 2 N–H and O–H groups in total. The quantitative estimate of drug-likeness (QED) is 0.760. The molecule has 0 unspecified atom stereocenters. The van der Waals surface area contributed by atoms with E-state index in [1.165, 1.54) is 0 Å². The molecule has 22 heavy (non-hydrogen) atoms. The minimum atomic E-state index is -4.38.